The monoisotopic (exact) mass is 576 g/mol. The quantitative estimate of drug-likeness (QED) is 0.305. The summed E-state index contributed by atoms with van der Waals surface area (Å²) in [6.45, 7) is 5.47. The van der Waals surface area contributed by atoms with Crippen molar-refractivity contribution in [2.45, 2.75) is 24.7 Å². The largest absolute Gasteiger partial charge is 0.374 e. The zero-order valence-corrected chi connectivity index (χ0v) is 24.9. The first-order chi connectivity index (χ1) is 19.4. The van der Waals surface area contributed by atoms with Crippen molar-refractivity contribution in [3.63, 3.8) is 0 Å². The number of allylic oxidation sites excluding steroid dienone is 1. The van der Waals surface area contributed by atoms with E-state index in [9.17, 15) is 4.79 Å². The summed E-state index contributed by atoms with van der Waals surface area (Å²) in [5.41, 5.74) is 3.71. The van der Waals surface area contributed by atoms with Crippen LogP contribution in [-0.2, 0) is 10.2 Å². The van der Waals surface area contributed by atoms with Gasteiger partial charge in [0.25, 0.3) is 0 Å². The maximum Gasteiger partial charge on any atom is 0.237 e. The van der Waals surface area contributed by atoms with Gasteiger partial charge in [-0.05, 0) is 42.5 Å². The van der Waals surface area contributed by atoms with Gasteiger partial charge in [-0.25, -0.2) is 0 Å². The number of halogens is 2. The van der Waals surface area contributed by atoms with Crippen LogP contribution in [0.1, 0.15) is 30.4 Å². The summed E-state index contributed by atoms with van der Waals surface area (Å²) in [7, 11) is 3.72. The molecule has 5 rings (SSSR count). The van der Waals surface area contributed by atoms with Crippen LogP contribution in [0.15, 0.2) is 90.8 Å². The fraction of sp³-hybridized carbons (Fsp3) is 0.364. The zero-order chi connectivity index (χ0) is 28.1. The maximum atomic E-state index is 14.0. The van der Waals surface area contributed by atoms with Crippen LogP contribution in [0.2, 0.25) is 10.0 Å². The third-order valence-electron chi connectivity index (χ3n) is 8.25. The summed E-state index contributed by atoms with van der Waals surface area (Å²) in [4.78, 5) is 23.0. The van der Waals surface area contributed by atoms with Gasteiger partial charge in [0.15, 0.2) is 0 Å². The number of carbonyl (C=O) groups excluding carboxylic acids is 1. The normalized spacial score (nSPS) is 17.0. The molecular weight excluding hydrogens is 539 g/mol. The van der Waals surface area contributed by atoms with Crippen LogP contribution in [0.25, 0.3) is 0 Å². The number of carbonyl (C=O) groups is 1. The van der Waals surface area contributed by atoms with Crippen LogP contribution in [-0.4, -0.2) is 74.0 Å². The third kappa shape index (κ3) is 5.82. The Morgan fingerprint density at radius 1 is 0.850 bits per heavy atom. The fourth-order valence-electron chi connectivity index (χ4n) is 6.13. The summed E-state index contributed by atoms with van der Waals surface area (Å²) in [6.07, 6.45) is 5.25. The summed E-state index contributed by atoms with van der Waals surface area (Å²) in [5.74, 6) is 0.116. The number of nitrogens with zero attached hydrogens (tertiary/aromatic N) is 4. The zero-order valence-electron chi connectivity index (χ0n) is 23.4. The van der Waals surface area contributed by atoms with Crippen molar-refractivity contribution in [2.75, 3.05) is 58.3 Å². The first-order valence-electron chi connectivity index (χ1n) is 14.1. The second-order valence-electron chi connectivity index (χ2n) is 10.9. The van der Waals surface area contributed by atoms with E-state index in [1.54, 1.807) is 4.90 Å². The summed E-state index contributed by atoms with van der Waals surface area (Å²) in [6, 6.07) is 26.4. The van der Waals surface area contributed by atoms with Crippen LogP contribution in [0, 0.1) is 0 Å². The second-order valence-corrected chi connectivity index (χ2v) is 11.7. The van der Waals surface area contributed by atoms with E-state index in [1.807, 2.05) is 68.7 Å². The van der Waals surface area contributed by atoms with Gasteiger partial charge in [-0.3, -0.25) is 4.79 Å². The lowest BCUT2D eigenvalue weighted by atomic mass is 9.70. The highest BCUT2D eigenvalue weighted by molar-refractivity contribution is 6.43. The smallest absolute Gasteiger partial charge is 0.237 e. The molecule has 0 unspecified atom stereocenters. The van der Waals surface area contributed by atoms with E-state index in [0.717, 1.165) is 68.9 Å². The summed E-state index contributed by atoms with van der Waals surface area (Å²) >= 11 is 12.7. The first kappa shape index (κ1) is 28.4. The standard InChI is InChI=1S/C33H38Cl2N4O/c1-36(2)32(40)33(26-11-5-3-6-12-26,27-13-7-4-8-14-27)18-20-38-19-10-15-28(38)25-37-21-23-39(24-22-37)30-17-9-16-29(34)31(30)35/h3-9,11-14,16-17,25H,10,15,18-24H2,1-2H3/b28-25+. The molecule has 2 heterocycles. The number of hydrogen-bond acceptors (Lipinski definition) is 4. The average molecular weight is 578 g/mol. The molecule has 0 atom stereocenters. The third-order valence-corrected chi connectivity index (χ3v) is 9.05. The van der Waals surface area contributed by atoms with Gasteiger partial charge < -0.3 is 19.6 Å². The van der Waals surface area contributed by atoms with Crippen molar-refractivity contribution in [3.8, 4) is 0 Å². The lowest BCUT2D eigenvalue weighted by Gasteiger charge is -2.38. The van der Waals surface area contributed by atoms with Gasteiger partial charge in [0, 0.05) is 65.3 Å². The molecule has 0 aliphatic carbocycles. The van der Waals surface area contributed by atoms with Crippen molar-refractivity contribution in [3.05, 3.63) is 112 Å². The number of anilines is 1. The Morgan fingerprint density at radius 2 is 1.48 bits per heavy atom. The molecule has 3 aromatic carbocycles. The Morgan fingerprint density at radius 3 is 2.08 bits per heavy atom. The predicted molar refractivity (Wildman–Crippen MR) is 166 cm³/mol. The second kappa shape index (κ2) is 12.6. The van der Waals surface area contributed by atoms with Gasteiger partial charge in [-0.2, -0.15) is 0 Å². The minimum absolute atomic E-state index is 0.116. The molecule has 2 aliphatic rings. The van der Waals surface area contributed by atoms with Gasteiger partial charge in [-0.1, -0.05) is 89.9 Å². The Bertz CT molecular complexity index is 1280. The highest BCUT2D eigenvalue weighted by Crippen LogP contribution is 2.39. The molecule has 0 radical (unpaired) electrons. The van der Waals surface area contributed by atoms with Crippen molar-refractivity contribution in [1.29, 1.82) is 0 Å². The minimum atomic E-state index is -0.748. The number of hydrogen-bond donors (Lipinski definition) is 0. The Hall–Kier alpha value is -3.15. The molecule has 2 saturated heterocycles. The van der Waals surface area contributed by atoms with Crippen molar-refractivity contribution in [1.82, 2.24) is 14.7 Å². The van der Waals surface area contributed by atoms with Crippen molar-refractivity contribution in [2.24, 2.45) is 0 Å². The summed E-state index contributed by atoms with van der Waals surface area (Å²) < 4.78 is 0. The van der Waals surface area contributed by atoms with Crippen molar-refractivity contribution >= 4 is 34.8 Å². The summed E-state index contributed by atoms with van der Waals surface area (Å²) in [5, 5.41) is 1.23. The molecule has 0 spiro atoms. The highest BCUT2D eigenvalue weighted by atomic mass is 35.5. The first-order valence-corrected chi connectivity index (χ1v) is 14.9. The van der Waals surface area contributed by atoms with Gasteiger partial charge in [0.05, 0.1) is 15.7 Å². The SMILES string of the molecule is CN(C)C(=O)C(CCN1CCC/C1=C\N1CCN(c2cccc(Cl)c2Cl)CC1)(c1ccccc1)c1ccccc1. The molecule has 40 heavy (non-hydrogen) atoms. The van der Waals surface area contributed by atoms with Gasteiger partial charge in [0.2, 0.25) is 5.91 Å². The van der Waals surface area contributed by atoms with E-state index in [0.29, 0.717) is 16.5 Å². The van der Waals surface area contributed by atoms with Crippen LogP contribution in [0.3, 0.4) is 0 Å². The molecule has 0 aromatic heterocycles. The lowest BCUT2D eigenvalue weighted by molar-refractivity contribution is -0.133. The van der Waals surface area contributed by atoms with Crippen molar-refractivity contribution < 1.29 is 4.79 Å². The Balaban J connectivity index is 1.34. The number of piperazine rings is 1. The minimum Gasteiger partial charge on any atom is -0.374 e. The molecule has 2 fully saturated rings. The molecule has 5 nitrogen and oxygen atoms in total. The Labute approximate surface area is 248 Å². The van der Waals surface area contributed by atoms with E-state index in [2.05, 4.69) is 45.2 Å². The van der Waals surface area contributed by atoms with Crippen LogP contribution in [0.4, 0.5) is 5.69 Å². The molecule has 7 heteroatoms. The predicted octanol–water partition coefficient (Wildman–Crippen LogP) is 6.52. The molecule has 0 bridgehead atoms. The number of rotatable bonds is 8. The van der Waals surface area contributed by atoms with E-state index < -0.39 is 5.41 Å². The maximum absolute atomic E-state index is 14.0. The van der Waals surface area contributed by atoms with E-state index >= 15 is 0 Å². The van der Waals surface area contributed by atoms with E-state index in [1.165, 1.54) is 5.70 Å². The molecule has 0 N–H and O–H groups in total. The number of amides is 1. The van der Waals surface area contributed by atoms with Crippen LogP contribution >= 0.6 is 23.2 Å². The molecule has 210 valence electrons. The van der Waals surface area contributed by atoms with E-state index in [4.69, 9.17) is 23.2 Å². The topological polar surface area (TPSA) is 30.0 Å². The highest BCUT2D eigenvalue weighted by Gasteiger charge is 2.43. The number of likely N-dealkylation sites (tertiary alicyclic amines) is 1. The number of likely N-dealkylation sites (N-methyl/N-ethyl adjacent to an activating group) is 1. The molecular formula is C33H38Cl2N4O. The fourth-order valence-corrected chi connectivity index (χ4v) is 6.55. The molecule has 3 aromatic rings. The molecule has 1 amide bonds. The van der Waals surface area contributed by atoms with Crippen LogP contribution in [0.5, 0.6) is 0 Å². The van der Waals surface area contributed by atoms with E-state index in [-0.39, 0.29) is 5.91 Å². The lowest BCUT2D eigenvalue weighted by Crippen LogP contribution is -2.47. The van der Waals surface area contributed by atoms with Gasteiger partial charge >= 0.3 is 0 Å². The number of benzene rings is 3. The molecule has 2 aliphatic heterocycles. The van der Waals surface area contributed by atoms with Gasteiger partial charge in [-0.15, -0.1) is 0 Å². The van der Waals surface area contributed by atoms with Gasteiger partial charge in [0.1, 0.15) is 5.41 Å². The average Bonchev–Trinajstić information content (AvgIpc) is 3.43. The Kier molecular flexibility index (Phi) is 8.92. The molecule has 0 saturated carbocycles. The van der Waals surface area contributed by atoms with Crippen LogP contribution < -0.4 is 4.90 Å².